The van der Waals surface area contributed by atoms with Gasteiger partial charge in [0.15, 0.2) is 11.0 Å². The Labute approximate surface area is 180 Å². The highest BCUT2D eigenvalue weighted by atomic mass is 32.2. The summed E-state index contributed by atoms with van der Waals surface area (Å²) < 4.78 is 1.94. The van der Waals surface area contributed by atoms with Crippen molar-refractivity contribution in [3.05, 3.63) is 59.7 Å². The molecule has 0 spiro atoms. The number of hydrogen-bond donors (Lipinski definition) is 2. The van der Waals surface area contributed by atoms with Crippen molar-refractivity contribution in [3.8, 4) is 17.1 Å². The topological polar surface area (TPSA) is 88.9 Å². The van der Waals surface area contributed by atoms with E-state index in [1.54, 1.807) is 13.8 Å². The van der Waals surface area contributed by atoms with E-state index in [1.807, 2.05) is 66.9 Å². The van der Waals surface area contributed by atoms with Crippen LogP contribution in [-0.2, 0) is 4.79 Å². The molecule has 1 unspecified atom stereocenters. The average Bonchev–Trinajstić information content (AvgIpc) is 3.12. The van der Waals surface area contributed by atoms with E-state index in [0.717, 1.165) is 22.4 Å². The predicted octanol–water partition coefficient (Wildman–Crippen LogP) is 3.88. The van der Waals surface area contributed by atoms with Crippen molar-refractivity contribution in [3.63, 3.8) is 0 Å². The second kappa shape index (κ2) is 9.58. The SMILES string of the molecule is CCNC(=O)NC(=O)C(C)Sc1nnc(-c2ccc(C)cc2)n1-c1ccc(C)cc1. The van der Waals surface area contributed by atoms with E-state index in [4.69, 9.17) is 0 Å². The Morgan fingerprint density at radius 1 is 1.00 bits per heavy atom. The minimum Gasteiger partial charge on any atom is -0.338 e. The summed E-state index contributed by atoms with van der Waals surface area (Å²) in [6, 6.07) is 15.6. The first kappa shape index (κ1) is 21.6. The van der Waals surface area contributed by atoms with Crippen LogP contribution in [0.5, 0.6) is 0 Å². The minimum atomic E-state index is -0.535. The Hall–Kier alpha value is -3.13. The van der Waals surface area contributed by atoms with E-state index in [-0.39, 0.29) is 5.91 Å². The van der Waals surface area contributed by atoms with Gasteiger partial charge in [-0.05, 0) is 39.8 Å². The van der Waals surface area contributed by atoms with Gasteiger partial charge in [0.25, 0.3) is 0 Å². The standard InChI is InChI=1S/C22H25N5O2S/c1-5-23-21(29)24-20(28)16(4)30-22-26-25-19(17-10-6-14(2)7-11-17)27(22)18-12-8-15(3)9-13-18/h6-13,16H,5H2,1-4H3,(H2,23,24,28,29). The van der Waals surface area contributed by atoms with Crippen molar-refractivity contribution in [1.82, 2.24) is 25.4 Å². The third kappa shape index (κ3) is 5.07. The molecule has 8 heteroatoms. The fourth-order valence-corrected chi connectivity index (χ4v) is 3.66. The summed E-state index contributed by atoms with van der Waals surface area (Å²) in [6.07, 6.45) is 0. The number of urea groups is 1. The number of rotatable bonds is 6. The van der Waals surface area contributed by atoms with Crippen LogP contribution in [0, 0.1) is 13.8 Å². The second-order valence-electron chi connectivity index (χ2n) is 6.95. The molecule has 2 aromatic carbocycles. The van der Waals surface area contributed by atoms with E-state index in [2.05, 4.69) is 20.8 Å². The van der Waals surface area contributed by atoms with Gasteiger partial charge in [0.1, 0.15) is 0 Å². The molecule has 0 aliphatic rings. The molecule has 0 aliphatic heterocycles. The summed E-state index contributed by atoms with van der Waals surface area (Å²) in [7, 11) is 0. The Bertz CT molecular complexity index is 1030. The van der Waals surface area contributed by atoms with Crippen LogP contribution >= 0.6 is 11.8 Å². The molecule has 3 amide bonds. The number of imide groups is 1. The molecule has 2 N–H and O–H groups in total. The number of nitrogens with one attached hydrogen (secondary N) is 2. The van der Waals surface area contributed by atoms with E-state index in [0.29, 0.717) is 17.5 Å². The number of amides is 3. The van der Waals surface area contributed by atoms with Crippen LogP contribution in [0.25, 0.3) is 17.1 Å². The monoisotopic (exact) mass is 423 g/mol. The highest BCUT2D eigenvalue weighted by Crippen LogP contribution is 2.30. The first-order chi connectivity index (χ1) is 14.4. The summed E-state index contributed by atoms with van der Waals surface area (Å²) in [5.74, 6) is 0.305. The summed E-state index contributed by atoms with van der Waals surface area (Å²) in [4.78, 5) is 24.1. The molecule has 30 heavy (non-hydrogen) atoms. The molecule has 1 atom stereocenters. The van der Waals surface area contributed by atoms with Crippen LogP contribution in [0.15, 0.2) is 53.7 Å². The second-order valence-corrected chi connectivity index (χ2v) is 8.26. The smallest absolute Gasteiger partial charge is 0.321 e. The van der Waals surface area contributed by atoms with Crippen molar-refractivity contribution >= 4 is 23.7 Å². The van der Waals surface area contributed by atoms with Crippen LogP contribution in [-0.4, -0.2) is 38.5 Å². The summed E-state index contributed by atoms with van der Waals surface area (Å²) >= 11 is 1.25. The lowest BCUT2D eigenvalue weighted by Crippen LogP contribution is -2.42. The normalized spacial score (nSPS) is 11.7. The first-order valence-electron chi connectivity index (χ1n) is 9.74. The third-order valence-corrected chi connectivity index (χ3v) is 5.50. The van der Waals surface area contributed by atoms with Gasteiger partial charge in [0.05, 0.1) is 5.25 Å². The molecule has 7 nitrogen and oxygen atoms in total. The van der Waals surface area contributed by atoms with Gasteiger partial charge in [-0.1, -0.05) is 59.3 Å². The van der Waals surface area contributed by atoms with Crippen LogP contribution in [0.4, 0.5) is 4.79 Å². The van der Waals surface area contributed by atoms with Gasteiger partial charge in [-0.3, -0.25) is 14.7 Å². The Balaban J connectivity index is 1.94. The summed E-state index contributed by atoms with van der Waals surface area (Å²) in [6.45, 7) is 8.03. The number of hydrogen-bond acceptors (Lipinski definition) is 5. The van der Waals surface area contributed by atoms with Crippen molar-refractivity contribution in [2.45, 2.75) is 38.1 Å². The quantitative estimate of drug-likeness (QED) is 0.588. The molecule has 1 heterocycles. The van der Waals surface area contributed by atoms with E-state index in [1.165, 1.54) is 11.8 Å². The average molecular weight is 424 g/mol. The minimum absolute atomic E-state index is 0.388. The van der Waals surface area contributed by atoms with Crippen molar-refractivity contribution in [1.29, 1.82) is 0 Å². The van der Waals surface area contributed by atoms with E-state index in [9.17, 15) is 9.59 Å². The zero-order chi connectivity index (χ0) is 21.7. The number of carbonyl (C=O) groups is 2. The molecule has 0 saturated heterocycles. The van der Waals surface area contributed by atoms with Gasteiger partial charge in [0, 0.05) is 17.8 Å². The Kier molecular flexibility index (Phi) is 6.89. The lowest BCUT2D eigenvalue weighted by Gasteiger charge is -2.14. The Morgan fingerprint density at radius 3 is 2.20 bits per heavy atom. The Morgan fingerprint density at radius 2 is 1.60 bits per heavy atom. The maximum Gasteiger partial charge on any atom is 0.321 e. The number of nitrogens with zero attached hydrogens (tertiary/aromatic N) is 3. The maximum absolute atomic E-state index is 12.4. The molecule has 1 aromatic heterocycles. The van der Waals surface area contributed by atoms with Gasteiger partial charge >= 0.3 is 6.03 Å². The largest absolute Gasteiger partial charge is 0.338 e. The van der Waals surface area contributed by atoms with Gasteiger partial charge < -0.3 is 5.32 Å². The van der Waals surface area contributed by atoms with E-state index >= 15 is 0 Å². The van der Waals surface area contributed by atoms with Gasteiger partial charge in [0.2, 0.25) is 5.91 Å². The number of carbonyl (C=O) groups excluding carboxylic acids is 2. The van der Waals surface area contributed by atoms with Crippen LogP contribution in [0.3, 0.4) is 0 Å². The highest BCUT2D eigenvalue weighted by Gasteiger charge is 2.23. The molecule has 3 rings (SSSR count). The number of thioether (sulfide) groups is 1. The van der Waals surface area contributed by atoms with Crippen molar-refractivity contribution < 1.29 is 9.59 Å². The zero-order valence-corrected chi connectivity index (χ0v) is 18.3. The number of aromatic nitrogens is 3. The molecule has 0 radical (unpaired) electrons. The predicted molar refractivity (Wildman–Crippen MR) is 119 cm³/mol. The van der Waals surface area contributed by atoms with E-state index < -0.39 is 11.3 Å². The maximum atomic E-state index is 12.4. The molecule has 0 saturated carbocycles. The number of benzene rings is 2. The van der Waals surface area contributed by atoms with Crippen LogP contribution in [0.1, 0.15) is 25.0 Å². The highest BCUT2D eigenvalue weighted by molar-refractivity contribution is 8.00. The van der Waals surface area contributed by atoms with Gasteiger partial charge in [-0.15, -0.1) is 10.2 Å². The molecule has 156 valence electrons. The molecule has 0 bridgehead atoms. The fourth-order valence-electron chi connectivity index (χ4n) is 2.79. The lowest BCUT2D eigenvalue weighted by molar-refractivity contribution is -0.119. The van der Waals surface area contributed by atoms with Crippen LogP contribution < -0.4 is 10.6 Å². The molecular formula is C22H25N5O2S. The summed E-state index contributed by atoms with van der Waals surface area (Å²) in [5.41, 5.74) is 4.14. The fraction of sp³-hybridized carbons (Fsp3) is 0.273. The number of aryl methyl sites for hydroxylation is 2. The van der Waals surface area contributed by atoms with Crippen molar-refractivity contribution in [2.24, 2.45) is 0 Å². The first-order valence-corrected chi connectivity index (χ1v) is 10.6. The molecule has 3 aromatic rings. The van der Waals surface area contributed by atoms with Crippen molar-refractivity contribution in [2.75, 3.05) is 6.54 Å². The van der Waals surface area contributed by atoms with Gasteiger partial charge in [-0.25, -0.2) is 4.79 Å². The third-order valence-electron chi connectivity index (χ3n) is 4.46. The van der Waals surface area contributed by atoms with Crippen LogP contribution in [0.2, 0.25) is 0 Å². The lowest BCUT2D eigenvalue weighted by atomic mass is 10.1. The molecule has 0 fully saturated rings. The molecule has 0 aliphatic carbocycles. The summed E-state index contributed by atoms with van der Waals surface area (Å²) in [5, 5.41) is 13.7. The van der Waals surface area contributed by atoms with Gasteiger partial charge in [-0.2, -0.15) is 0 Å². The zero-order valence-electron chi connectivity index (χ0n) is 17.5. The molecular weight excluding hydrogens is 398 g/mol.